The van der Waals surface area contributed by atoms with Gasteiger partial charge >= 0.3 is 0 Å². The Morgan fingerprint density at radius 3 is 0.738 bits per heavy atom. The minimum atomic E-state index is -0.139. The fourth-order valence-corrected chi connectivity index (χ4v) is 1.70. The summed E-state index contributed by atoms with van der Waals surface area (Å²) in [7, 11) is 0. The molecule has 0 fully saturated rings. The number of allylic oxidation sites excluding steroid dienone is 2. The lowest BCUT2D eigenvalue weighted by Gasteiger charge is -2.11. The average Bonchev–Trinajstić information content (AvgIpc) is 3.11. The van der Waals surface area contributed by atoms with Crippen molar-refractivity contribution >= 4 is 57.8 Å². The van der Waals surface area contributed by atoms with Gasteiger partial charge in [-0.25, -0.2) is 0 Å². The molecule has 0 atom stereocenters. The van der Waals surface area contributed by atoms with Crippen LogP contribution in [0.4, 0.5) is 0 Å². The predicted octanol–water partition coefficient (Wildman–Crippen LogP) is 13.4. The Morgan fingerprint density at radius 2 is 0.672 bits per heavy atom. The van der Waals surface area contributed by atoms with E-state index in [0.717, 1.165) is 44.9 Å². The number of ketones is 10. The van der Waals surface area contributed by atoms with Gasteiger partial charge in [-0.15, -0.1) is 0 Å². The fourth-order valence-electron chi connectivity index (χ4n) is 1.70. The van der Waals surface area contributed by atoms with Crippen LogP contribution in [0.3, 0.4) is 0 Å². The molecule has 0 aromatic heterocycles. The molecule has 10 nitrogen and oxygen atoms in total. The zero-order valence-corrected chi connectivity index (χ0v) is 44.1. The van der Waals surface area contributed by atoms with Gasteiger partial charge in [-0.05, 0) is 113 Å². The van der Waals surface area contributed by atoms with E-state index in [9.17, 15) is 47.9 Å². The van der Waals surface area contributed by atoms with Gasteiger partial charge in [0.15, 0.2) is 11.6 Å². The highest BCUT2D eigenvalue weighted by Gasteiger charge is 2.14. The van der Waals surface area contributed by atoms with Crippen LogP contribution in [-0.2, 0) is 47.9 Å². The highest BCUT2D eigenvalue weighted by molar-refractivity contribution is 5.93. The van der Waals surface area contributed by atoms with Gasteiger partial charge in [0.05, 0.1) is 0 Å². The van der Waals surface area contributed by atoms with E-state index in [1.807, 2.05) is 62.3 Å². The number of hydrogen-bond acceptors (Lipinski definition) is 10. The van der Waals surface area contributed by atoms with E-state index >= 15 is 0 Å². The maximum atomic E-state index is 10.5. The van der Waals surface area contributed by atoms with Crippen LogP contribution >= 0.6 is 0 Å². The van der Waals surface area contributed by atoms with Gasteiger partial charge < -0.3 is 28.8 Å². The van der Waals surface area contributed by atoms with Crippen molar-refractivity contribution in [2.24, 2.45) is 11.3 Å². The van der Waals surface area contributed by atoms with Crippen LogP contribution in [-0.4, -0.2) is 57.8 Å². The zero-order chi connectivity index (χ0) is 51.5. The van der Waals surface area contributed by atoms with Crippen molar-refractivity contribution < 1.29 is 47.9 Å². The quantitative estimate of drug-likeness (QED) is 0.114. The van der Waals surface area contributed by atoms with Gasteiger partial charge in [-0.3, -0.25) is 19.2 Å². The summed E-state index contributed by atoms with van der Waals surface area (Å²) >= 11 is 0. The third-order valence-corrected chi connectivity index (χ3v) is 6.88. The van der Waals surface area contributed by atoms with Crippen molar-refractivity contribution in [3.05, 3.63) is 24.3 Å². The number of hydrogen-bond donors (Lipinski definition) is 0. The van der Waals surface area contributed by atoms with Crippen LogP contribution in [0, 0.1) is 11.3 Å². The monoisotopic (exact) mass is 871 g/mol. The number of unbranched alkanes of at least 4 members (excludes halogenated alkanes) is 3. The lowest BCUT2D eigenvalue weighted by atomic mass is 9.92. The molecule has 0 unspecified atom stereocenters. The van der Waals surface area contributed by atoms with E-state index in [1.165, 1.54) is 33.6 Å². The van der Waals surface area contributed by atoms with Crippen molar-refractivity contribution in [1.82, 2.24) is 0 Å². The highest BCUT2D eigenvalue weighted by Crippen LogP contribution is 2.12. The van der Waals surface area contributed by atoms with E-state index in [4.69, 9.17) is 0 Å². The van der Waals surface area contributed by atoms with Crippen LogP contribution < -0.4 is 0 Å². The zero-order valence-electron chi connectivity index (χ0n) is 44.1. The molecule has 10 heteroatoms. The van der Waals surface area contributed by atoms with Crippen molar-refractivity contribution in [2.75, 3.05) is 0 Å². The molecule has 0 aliphatic rings. The molecule has 0 aliphatic carbocycles. The summed E-state index contributed by atoms with van der Waals surface area (Å²) in [6.45, 7) is 47.4. The molecule has 0 N–H and O–H groups in total. The minimum absolute atomic E-state index is 0.0648. The largest absolute Gasteiger partial charge is 0.300 e. The smallest absolute Gasteiger partial charge is 0.157 e. The average molecular weight is 871 g/mol. The second kappa shape index (κ2) is 60.5. The second-order valence-corrected chi connectivity index (χ2v) is 15.9. The summed E-state index contributed by atoms with van der Waals surface area (Å²) < 4.78 is 0. The Bertz CT molecular complexity index is 1170. The SMILES string of the molecule is C=C(C)C(=O)CC.C=C(C)C(C)=O.CC(=O)C(C)(C)C.CC(=O)C(C)C.CC(C)=O.CCC(C)=O.CCC(C)=O.CCCC(C)=O.CCCCC(C)=O.CCCCCC(C)=O. The van der Waals surface area contributed by atoms with Gasteiger partial charge in [0, 0.05) is 49.9 Å². The summed E-state index contributed by atoms with van der Waals surface area (Å²) in [5, 5.41) is 0. The number of rotatable bonds is 15. The Balaban J connectivity index is -0.0000000595. The van der Waals surface area contributed by atoms with Crippen LogP contribution in [0.1, 0.15) is 236 Å². The first-order valence-electron chi connectivity index (χ1n) is 21.8. The normalized spacial score (nSPS) is 8.66. The first-order valence-corrected chi connectivity index (χ1v) is 21.8. The van der Waals surface area contributed by atoms with Gasteiger partial charge in [0.1, 0.15) is 46.3 Å². The molecule has 0 bridgehead atoms. The highest BCUT2D eigenvalue weighted by atomic mass is 16.2. The Hall–Kier alpha value is -3.82. The predicted molar refractivity (Wildman–Crippen MR) is 260 cm³/mol. The first-order chi connectivity index (χ1) is 27.5. The maximum absolute atomic E-state index is 10.5. The first kappa shape index (κ1) is 81.1. The lowest BCUT2D eigenvalue weighted by molar-refractivity contribution is -0.124. The summed E-state index contributed by atoms with van der Waals surface area (Å²) in [5.41, 5.74) is 1.14. The molecular formula is C51H98O10. The van der Waals surface area contributed by atoms with Crippen LogP contribution in [0.5, 0.6) is 0 Å². The topological polar surface area (TPSA) is 171 Å². The summed E-state index contributed by atoms with van der Waals surface area (Å²) in [6.07, 6.45) is 10.8. The van der Waals surface area contributed by atoms with Crippen molar-refractivity contribution in [3.63, 3.8) is 0 Å². The third kappa shape index (κ3) is 159. The standard InChI is InChI=1S/C7H14O.C6H12O.C6H10O.C6H12O.C5H10O.C5H8O.C5H10O.2C4H8O.C3H6O/c1-3-4-5-6-7(2)8;1-5(7)6(2,3)4;1-4-6(7)5(2)3;1-3-4-5-6(2)7;2*1-4(2)5(3)6;1-3-4-5(2)6;2*1-3-4(2)5;1-3(2)4/h3-6H2,1-2H3;1-4H3;2,4H2,1,3H3;3-5H2,1-2H3;4H,1-3H3;1H2,2-3H3;3-4H2,1-2H3;2*3H2,1-2H3;1-2H3. The van der Waals surface area contributed by atoms with Crippen LogP contribution in [0.25, 0.3) is 0 Å². The van der Waals surface area contributed by atoms with Crippen molar-refractivity contribution in [3.8, 4) is 0 Å². The number of Topliss-reactive ketones (excluding diaryl/α,β-unsaturated/α-hetero) is 10. The molecule has 0 aliphatic heterocycles. The Labute approximate surface area is 376 Å². The number of carbonyl (C=O) groups excluding carboxylic acids is 10. The summed E-state index contributed by atoms with van der Waals surface area (Å²) in [6, 6.07) is 0. The van der Waals surface area contributed by atoms with Gasteiger partial charge in [-0.1, -0.05) is 109 Å². The molecular weight excluding hydrogens is 773 g/mol. The van der Waals surface area contributed by atoms with Gasteiger partial charge in [0.2, 0.25) is 0 Å². The second-order valence-electron chi connectivity index (χ2n) is 15.9. The fraction of sp³-hybridized carbons (Fsp3) is 0.725. The van der Waals surface area contributed by atoms with Crippen LogP contribution in [0.2, 0.25) is 0 Å². The molecule has 0 radical (unpaired) electrons. The number of carbonyl (C=O) groups is 10. The third-order valence-electron chi connectivity index (χ3n) is 6.88. The van der Waals surface area contributed by atoms with Gasteiger partial charge in [-0.2, -0.15) is 0 Å². The van der Waals surface area contributed by atoms with Crippen LogP contribution in [0.15, 0.2) is 24.3 Å². The molecule has 0 aromatic carbocycles. The molecule has 0 heterocycles. The van der Waals surface area contributed by atoms with Crippen molar-refractivity contribution in [2.45, 2.75) is 236 Å². The van der Waals surface area contributed by atoms with E-state index in [1.54, 1.807) is 62.3 Å². The van der Waals surface area contributed by atoms with E-state index in [-0.39, 0.29) is 57.6 Å². The molecule has 0 spiro atoms. The molecule has 61 heavy (non-hydrogen) atoms. The molecule has 0 aromatic rings. The molecule has 362 valence electrons. The molecule has 0 saturated carbocycles. The Kier molecular flexibility index (Phi) is 80.4. The van der Waals surface area contributed by atoms with E-state index in [0.29, 0.717) is 42.0 Å². The lowest BCUT2D eigenvalue weighted by Crippen LogP contribution is -2.15. The van der Waals surface area contributed by atoms with E-state index in [2.05, 4.69) is 27.0 Å². The maximum Gasteiger partial charge on any atom is 0.157 e. The molecule has 0 amide bonds. The summed E-state index contributed by atoms with van der Waals surface area (Å²) in [5.74, 6) is 2.52. The summed E-state index contributed by atoms with van der Waals surface area (Å²) in [4.78, 5) is 101. The minimum Gasteiger partial charge on any atom is -0.300 e. The van der Waals surface area contributed by atoms with Gasteiger partial charge in [0.25, 0.3) is 0 Å². The van der Waals surface area contributed by atoms with E-state index < -0.39 is 0 Å². The van der Waals surface area contributed by atoms with Crippen molar-refractivity contribution in [1.29, 1.82) is 0 Å². The molecule has 0 saturated heterocycles. The Morgan fingerprint density at radius 1 is 0.426 bits per heavy atom. The molecule has 0 rings (SSSR count).